The second-order valence-electron chi connectivity index (χ2n) is 7.27. The van der Waals surface area contributed by atoms with E-state index in [0.717, 1.165) is 61.2 Å². The summed E-state index contributed by atoms with van der Waals surface area (Å²) in [5.41, 5.74) is 2.26. The first kappa shape index (κ1) is 20.7. The number of aliphatic imine (C=N–C) groups is 1. The van der Waals surface area contributed by atoms with Gasteiger partial charge in [0.05, 0.1) is 12.2 Å². The summed E-state index contributed by atoms with van der Waals surface area (Å²) in [6.07, 6.45) is 2.14. The molecule has 0 unspecified atom stereocenters. The quantitative estimate of drug-likeness (QED) is 0.571. The molecule has 1 aliphatic heterocycles. The second kappa shape index (κ2) is 9.98. The Kier molecular flexibility index (Phi) is 7.39. The minimum atomic E-state index is -0.176. The van der Waals surface area contributed by atoms with E-state index < -0.39 is 0 Å². The summed E-state index contributed by atoms with van der Waals surface area (Å²) in [6.45, 7) is 10.6. The van der Waals surface area contributed by atoms with Crippen molar-refractivity contribution in [2.45, 2.75) is 52.7 Å². The molecule has 1 saturated heterocycles. The molecule has 0 radical (unpaired) electrons. The van der Waals surface area contributed by atoms with E-state index in [-0.39, 0.29) is 5.82 Å². The van der Waals surface area contributed by atoms with Gasteiger partial charge in [0, 0.05) is 37.1 Å². The smallest absolute Gasteiger partial charge is 0.191 e. The van der Waals surface area contributed by atoms with Crippen molar-refractivity contribution in [3.63, 3.8) is 0 Å². The lowest BCUT2D eigenvalue weighted by Crippen LogP contribution is -2.48. The molecule has 1 fully saturated rings. The molecule has 3 rings (SSSR count). The Morgan fingerprint density at radius 2 is 1.96 bits per heavy atom. The second-order valence-corrected chi connectivity index (χ2v) is 8.55. The van der Waals surface area contributed by atoms with Gasteiger partial charge in [0.2, 0.25) is 0 Å². The van der Waals surface area contributed by atoms with E-state index in [4.69, 9.17) is 4.99 Å². The van der Waals surface area contributed by atoms with Crippen LogP contribution in [0.2, 0.25) is 0 Å². The topological polar surface area (TPSA) is 52.6 Å². The number of nitrogens with one attached hydrogen (secondary N) is 2. The minimum Gasteiger partial charge on any atom is -0.357 e. The van der Waals surface area contributed by atoms with Crippen LogP contribution in [0.1, 0.15) is 40.9 Å². The van der Waals surface area contributed by atoms with E-state index in [1.807, 2.05) is 19.1 Å². The number of piperidine rings is 1. The first-order chi connectivity index (χ1) is 13.5. The number of nitrogens with zero attached hydrogens (tertiary/aromatic N) is 3. The highest BCUT2D eigenvalue weighted by atomic mass is 32.1. The van der Waals surface area contributed by atoms with Crippen LogP contribution in [0.5, 0.6) is 0 Å². The van der Waals surface area contributed by atoms with Crippen LogP contribution in [0.3, 0.4) is 0 Å². The number of benzene rings is 1. The molecular formula is C21H30FN5S. The van der Waals surface area contributed by atoms with E-state index in [1.54, 1.807) is 11.3 Å². The van der Waals surface area contributed by atoms with Crippen molar-refractivity contribution >= 4 is 17.3 Å². The summed E-state index contributed by atoms with van der Waals surface area (Å²) in [5.74, 6) is 0.690. The zero-order valence-corrected chi connectivity index (χ0v) is 17.8. The van der Waals surface area contributed by atoms with Gasteiger partial charge in [0.25, 0.3) is 0 Å². The molecule has 0 atom stereocenters. The Balaban J connectivity index is 1.49. The third kappa shape index (κ3) is 6.01. The van der Waals surface area contributed by atoms with Crippen molar-refractivity contribution in [3.05, 3.63) is 51.2 Å². The molecule has 1 aromatic carbocycles. The van der Waals surface area contributed by atoms with Gasteiger partial charge in [0.1, 0.15) is 10.8 Å². The minimum absolute atomic E-state index is 0.176. The lowest BCUT2D eigenvalue weighted by atomic mass is 10.0. The number of aromatic nitrogens is 1. The highest BCUT2D eigenvalue weighted by Crippen LogP contribution is 2.17. The monoisotopic (exact) mass is 403 g/mol. The van der Waals surface area contributed by atoms with Gasteiger partial charge >= 0.3 is 0 Å². The van der Waals surface area contributed by atoms with E-state index in [1.165, 1.54) is 17.0 Å². The van der Waals surface area contributed by atoms with Crippen molar-refractivity contribution in [2.75, 3.05) is 19.6 Å². The largest absolute Gasteiger partial charge is 0.357 e. The van der Waals surface area contributed by atoms with E-state index >= 15 is 0 Å². The first-order valence-corrected chi connectivity index (χ1v) is 10.8. The molecule has 0 spiro atoms. The molecule has 152 valence electrons. The van der Waals surface area contributed by atoms with Crippen molar-refractivity contribution in [2.24, 2.45) is 4.99 Å². The lowest BCUT2D eigenvalue weighted by molar-refractivity contribution is 0.198. The number of hydrogen-bond acceptors (Lipinski definition) is 4. The fourth-order valence-electron chi connectivity index (χ4n) is 3.35. The maximum atomic E-state index is 13.1. The average molecular weight is 404 g/mol. The van der Waals surface area contributed by atoms with Gasteiger partial charge in [0.15, 0.2) is 5.96 Å². The molecule has 0 aliphatic carbocycles. The van der Waals surface area contributed by atoms with E-state index in [2.05, 4.69) is 34.4 Å². The van der Waals surface area contributed by atoms with Crippen LogP contribution in [-0.4, -0.2) is 41.5 Å². The van der Waals surface area contributed by atoms with Crippen molar-refractivity contribution in [3.8, 4) is 0 Å². The van der Waals surface area contributed by atoms with Crippen LogP contribution in [0, 0.1) is 19.7 Å². The number of thiazole rings is 1. The molecule has 7 heteroatoms. The van der Waals surface area contributed by atoms with Crippen LogP contribution in [0.15, 0.2) is 29.3 Å². The average Bonchev–Trinajstić information content (AvgIpc) is 3.01. The van der Waals surface area contributed by atoms with Crippen molar-refractivity contribution < 1.29 is 4.39 Å². The van der Waals surface area contributed by atoms with E-state index in [9.17, 15) is 4.39 Å². The van der Waals surface area contributed by atoms with Crippen molar-refractivity contribution in [1.82, 2.24) is 20.5 Å². The maximum Gasteiger partial charge on any atom is 0.191 e. The molecule has 28 heavy (non-hydrogen) atoms. The normalized spacial score (nSPS) is 16.4. The van der Waals surface area contributed by atoms with Crippen LogP contribution in [0.25, 0.3) is 0 Å². The SMILES string of the molecule is CCNC(=NCc1nc(C)c(C)s1)NC1CCN(Cc2ccc(F)cc2)CC1. The van der Waals surface area contributed by atoms with Gasteiger partial charge < -0.3 is 10.6 Å². The third-order valence-electron chi connectivity index (χ3n) is 5.04. The number of likely N-dealkylation sites (tertiary alicyclic amines) is 1. The predicted molar refractivity (Wildman–Crippen MR) is 114 cm³/mol. The van der Waals surface area contributed by atoms with Crippen LogP contribution < -0.4 is 10.6 Å². The van der Waals surface area contributed by atoms with Crippen LogP contribution in [-0.2, 0) is 13.1 Å². The fraction of sp³-hybridized carbons (Fsp3) is 0.524. The Labute approximate surface area is 171 Å². The molecule has 0 bridgehead atoms. The molecule has 0 saturated carbocycles. The summed E-state index contributed by atoms with van der Waals surface area (Å²) in [6, 6.07) is 7.24. The number of hydrogen-bond donors (Lipinski definition) is 2. The molecular weight excluding hydrogens is 373 g/mol. The summed E-state index contributed by atoms with van der Waals surface area (Å²) >= 11 is 1.72. The van der Waals surface area contributed by atoms with Crippen LogP contribution in [0.4, 0.5) is 4.39 Å². The predicted octanol–water partition coefficient (Wildman–Crippen LogP) is 3.62. The lowest BCUT2D eigenvalue weighted by Gasteiger charge is -2.33. The highest BCUT2D eigenvalue weighted by Gasteiger charge is 2.20. The van der Waals surface area contributed by atoms with Crippen LogP contribution >= 0.6 is 11.3 Å². The zero-order chi connectivity index (χ0) is 19.9. The number of aryl methyl sites for hydroxylation is 2. The van der Waals surface area contributed by atoms with Gasteiger partial charge in [-0.15, -0.1) is 11.3 Å². The number of halogens is 1. The van der Waals surface area contributed by atoms with Gasteiger partial charge in [-0.2, -0.15) is 0 Å². The maximum absolute atomic E-state index is 13.1. The Bertz CT molecular complexity index is 759. The highest BCUT2D eigenvalue weighted by molar-refractivity contribution is 7.11. The number of rotatable bonds is 6. The molecule has 2 N–H and O–H groups in total. The van der Waals surface area contributed by atoms with E-state index in [0.29, 0.717) is 12.6 Å². The summed E-state index contributed by atoms with van der Waals surface area (Å²) in [7, 11) is 0. The Morgan fingerprint density at radius 3 is 2.57 bits per heavy atom. The summed E-state index contributed by atoms with van der Waals surface area (Å²) < 4.78 is 13.1. The molecule has 5 nitrogen and oxygen atoms in total. The number of guanidine groups is 1. The van der Waals surface area contributed by atoms with Gasteiger partial charge in [-0.1, -0.05) is 12.1 Å². The van der Waals surface area contributed by atoms with Gasteiger partial charge in [-0.05, 0) is 51.3 Å². The van der Waals surface area contributed by atoms with Gasteiger partial charge in [-0.25, -0.2) is 14.4 Å². The summed E-state index contributed by atoms with van der Waals surface area (Å²) in [4.78, 5) is 13.0. The zero-order valence-electron chi connectivity index (χ0n) is 17.0. The van der Waals surface area contributed by atoms with Crippen molar-refractivity contribution in [1.29, 1.82) is 0 Å². The standard InChI is InChI=1S/C21H30FN5S/c1-4-23-21(24-13-20-25-15(2)16(3)28-20)26-19-9-11-27(12-10-19)14-17-5-7-18(22)8-6-17/h5-8,19H,4,9-14H2,1-3H3,(H2,23,24,26). The molecule has 1 aliphatic rings. The molecule has 0 amide bonds. The molecule has 2 aromatic rings. The Hall–Kier alpha value is -1.99. The van der Waals surface area contributed by atoms with Gasteiger partial charge in [-0.3, -0.25) is 4.90 Å². The molecule has 1 aromatic heterocycles. The third-order valence-corrected chi connectivity index (χ3v) is 6.09. The first-order valence-electron chi connectivity index (χ1n) is 9.98. The summed E-state index contributed by atoms with van der Waals surface area (Å²) in [5, 5.41) is 7.98. The molecule has 2 heterocycles. The fourth-order valence-corrected chi connectivity index (χ4v) is 4.21. The Morgan fingerprint density at radius 1 is 1.25 bits per heavy atom.